The average molecular weight is 308 g/mol. The second-order valence-electron chi connectivity index (χ2n) is 5.99. The molecule has 1 atom stereocenters. The van der Waals surface area contributed by atoms with E-state index >= 15 is 0 Å². The molecule has 0 amide bonds. The molecule has 1 saturated carbocycles. The van der Waals surface area contributed by atoms with Gasteiger partial charge < -0.3 is 4.74 Å². The summed E-state index contributed by atoms with van der Waals surface area (Å²) in [5, 5.41) is 0.814. The Kier molecular flexibility index (Phi) is 6.40. The molecule has 0 aliphatic heterocycles. The molecular weight excluding hydrogens is 280 g/mol. The summed E-state index contributed by atoms with van der Waals surface area (Å²) in [4.78, 5) is 0. The van der Waals surface area contributed by atoms with Gasteiger partial charge in [0.25, 0.3) is 0 Å². The summed E-state index contributed by atoms with van der Waals surface area (Å²) in [7, 11) is 1.72. The van der Waals surface area contributed by atoms with Crippen LogP contribution in [0.2, 0.25) is 0 Å². The van der Waals surface area contributed by atoms with Gasteiger partial charge in [0.2, 0.25) is 0 Å². The van der Waals surface area contributed by atoms with Gasteiger partial charge in [0, 0.05) is 11.0 Å². The maximum Gasteiger partial charge on any atom is 0.122 e. The van der Waals surface area contributed by atoms with Crippen LogP contribution < -0.4 is 16.0 Å². The number of hydrazine groups is 1. The Morgan fingerprint density at radius 3 is 2.57 bits per heavy atom. The maximum atomic E-state index is 5.82. The number of thioether (sulfide) groups is 1. The van der Waals surface area contributed by atoms with E-state index in [2.05, 4.69) is 43.2 Å². The molecule has 1 unspecified atom stereocenters. The molecule has 0 bridgehead atoms. The summed E-state index contributed by atoms with van der Waals surface area (Å²) in [6, 6.07) is 4.53. The van der Waals surface area contributed by atoms with Crippen molar-refractivity contribution in [3.8, 4) is 5.75 Å². The molecule has 21 heavy (non-hydrogen) atoms. The Balaban J connectivity index is 2.04. The lowest BCUT2D eigenvalue weighted by Crippen LogP contribution is -2.31. The fourth-order valence-corrected chi connectivity index (χ4v) is 4.51. The first-order valence-corrected chi connectivity index (χ1v) is 8.93. The molecule has 3 nitrogen and oxygen atoms in total. The molecule has 4 heteroatoms. The fraction of sp³-hybridized carbons (Fsp3) is 0.647. The molecule has 0 spiro atoms. The normalized spacial score (nSPS) is 17.7. The van der Waals surface area contributed by atoms with Crippen molar-refractivity contribution in [2.45, 2.75) is 57.2 Å². The highest BCUT2D eigenvalue weighted by Crippen LogP contribution is 2.33. The van der Waals surface area contributed by atoms with Gasteiger partial charge in [-0.25, -0.2) is 0 Å². The number of nitrogens with one attached hydrogen (secondary N) is 1. The van der Waals surface area contributed by atoms with Crippen molar-refractivity contribution in [3.63, 3.8) is 0 Å². The smallest absolute Gasteiger partial charge is 0.122 e. The Labute approximate surface area is 133 Å². The number of aryl methyl sites for hydroxylation is 2. The van der Waals surface area contributed by atoms with Crippen LogP contribution in [0.1, 0.15) is 54.8 Å². The van der Waals surface area contributed by atoms with E-state index in [9.17, 15) is 0 Å². The van der Waals surface area contributed by atoms with Crippen LogP contribution in [0.3, 0.4) is 0 Å². The van der Waals surface area contributed by atoms with Crippen LogP contribution in [0.5, 0.6) is 5.75 Å². The highest BCUT2D eigenvalue weighted by atomic mass is 32.2. The zero-order valence-electron chi connectivity index (χ0n) is 13.4. The molecule has 0 saturated heterocycles. The van der Waals surface area contributed by atoms with Crippen molar-refractivity contribution in [1.29, 1.82) is 0 Å². The molecule has 3 N–H and O–H groups in total. The highest BCUT2D eigenvalue weighted by Gasteiger charge is 2.19. The topological polar surface area (TPSA) is 47.3 Å². The van der Waals surface area contributed by atoms with Gasteiger partial charge >= 0.3 is 0 Å². The molecule has 118 valence electrons. The first kappa shape index (κ1) is 16.7. The van der Waals surface area contributed by atoms with Crippen LogP contribution in [0.15, 0.2) is 12.1 Å². The predicted octanol–water partition coefficient (Wildman–Crippen LogP) is 3.88. The van der Waals surface area contributed by atoms with Crippen molar-refractivity contribution >= 4 is 11.8 Å². The Hall–Kier alpha value is -0.710. The van der Waals surface area contributed by atoms with Gasteiger partial charge in [0.05, 0.1) is 13.2 Å². The van der Waals surface area contributed by atoms with E-state index in [0.29, 0.717) is 0 Å². The lowest BCUT2D eigenvalue weighted by Gasteiger charge is -2.25. The number of methoxy groups -OCH3 is 1. The van der Waals surface area contributed by atoms with E-state index in [1.165, 1.54) is 48.8 Å². The number of rotatable bonds is 6. The van der Waals surface area contributed by atoms with Crippen molar-refractivity contribution < 1.29 is 4.74 Å². The first-order chi connectivity index (χ1) is 10.2. The number of benzene rings is 1. The van der Waals surface area contributed by atoms with Crippen LogP contribution >= 0.6 is 11.8 Å². The van der Waals surface area contributed by atoms with Crippen molar-refractivity contribution in [3.05, 3.63) is 28.8 Å². The monoisotopic (exact) mass is 308 g/mol. The fourth-order valence-electron chi connectivity index (χ4n) is 3.10. The van der Waals surface area contributed by atoms with Gasteiger partial charge in [-0.1, -0.05) is 25.3 Å². The third-order valence-corrected chi connectivity index (χ3v) is 5.88. The SMILES string of the molecule is COc1cc(C)c(C(CSC2CCCCC2)NN)cc1C. The lowest BCUT2D eigenvalue weighted by atomic mass is 9.99. The molecule has 1 fully saturated rings. The van der Waals surface area contributed by atoms with E-state index in [1.807, 2.05) is 0 Å². The number of nitrogens with two attached hydrogens (primary N) is 1. The standard InChI is InChI=1S/C17H28N2OS/c1-12-10-17(20-3)13(2)9-15(12)16(19-18)11-21-14-7-5-4-6-8-14/h9-10,14,16,19H,4-8,11,18H2,1-3H3. The zero-order valence-corrected chi connectivity index (χ0v) is 14.3. The van der Waals surface area contributed by atoms with Crippen molar-refractivity contribution in [2.24, 2.45) is 5.84 Å². The molecule has 0 aromatic heterocycles. The lowest BCUT2D eigenvalue weighted by molar-refractivity contribution is 0.411. The van der Waals surface area contributed by atoms with Gasteiger partial charge in [-0.2, -0.15) is 11.8 Å². The molecule has 1 aromatic carbocycles. The third-order valence-electron chi connectivity index (χ3n) is 4.41. The van der Waals surface area contributed by atoms with Gasteiger partial charge in [-0.15, -0.1) is 0 Å². The molecule has 1 aromatic rings. The van der Waals surface area contributed by atoms with Crippen molar-refractivity contribution in [1.82, 2.24) is 5.43 Å². The second kappa shape index (κ2) is 8.06. The summed E-state index contributed by atoms with van der Waals surface area (Å²) in [5.74, 6) is 7.80. The number of hydrogen-bond acceptors (Lipinski definition) is 4. The van der Waals surface area contributed by atoms with Gasteiger partial charge in [-0.05, 0) is 49.4 Å². The van der Waals surface area contributed by atoms with Gasteiger partial charge in [0.15, 0.2) is 0 Å². The summed E-state index contributed by atoms with van der Waals surface area (Å²) in [6.45, 7) is 4.22. The molecule has 1 aliphatic rings. The van der Waals surface area contributed by atoms with E-state index in [-0.39, 0.29) is 6.04 Å². The van der Waals surface area contributed by atoms with E-state index < -0.39 is 0 Å². The third kappa shape index (κ3) is 4.38. The Morgan fingerprint density at radius 1 is 1.24 bits per heavy atom. The van der Waals surface area contributed by atoms with Crippen LogP contribution in [-0.4, -0.2) is 18.1 Å². The molecule has 0 heterocycles. The molecular formula is C17H28N2OS. The van der Waals surface area contributed by atoms with Crippen LogP contribution in [0, 0.1) is 13.8 Å². The quantitative estimate of drug-likeness (QED) is 0.618. The predicted molar refractivity (Wildman–Crippen MR) is 91.9 cm³/mol. The Bertz CT molecular complexity index is 458. The second-order valence-corrected chi connectivity index (χ2v) is 7.32. The van der Waals surface area contributed by atoms with Crippen molar-refractivity contribution in [2.75, 3.05) is 12.9 Å². The maximum absolute atomic E-state index is 5.82. The van der Waals surface area contributed by atoms with Gasteiger partial charge in [0.1, 0.15) is 5.75 Å². The summed E-state index contributed by atoms with van der Waals surface area (Å²) >= 11 is 2.08. The number of ether oxygens (including phenoxy) is 1. The summed E-state index contributed by atoms with van der Waals surface area (Å²) in [5.41, 5.74) is 6.70. The van der Waals surface area contributed by atoms with Crippen LogP contribution in [0.4, 0.5) is 0 Å². The minimum absolute atomic E-state index is 0.210. The number of hydrogen-bond donors (Lipinski definition) is 2. The minimum atomic E-state index is 0.210. The van der Waals surface area contributed by atoms with E-state index in [0.717, 1.165) is 16.8 Å². The highest BCUT2D eigenvalue weighted by molar-refractivity contribution is 7.99. The largest absolute Gasteiger partial charge is 0.496 e. The zero-order chi connectivity index (χ0) is 15.2. The average Bonchev–Trinajstić information content (AvgIpc) is 2.51. The van der Waals surface area contributed by atoms with Crippen LogP contribution in [0.25, 0.3) is 0 Å². The molecule has 1 aliphatic carbocycles. The van der Waals surface area contributed by atoms with Gasteiger partial charge in [-0.3, -0.25) is 11.3 Å². The van der Waals surface area contributed by atoms with E-state index in [1.54, 1.807) is 7.11 Å². The summed E-state index contributed by atoms with van der Waals surface area (Å²) < 4.78 is 5.39. The minimum Gasteiger partial charge on any atom is -0.496 e. The van der Waals surface area contributed by atoms with E-state index in [4.69, 9.17) is 10.6 Å². The molecule has 0 radical (unpaired) electrons. The van der Waals surface area contributed by atoms with Crippen LogP contribution in [-0.2, 0) is 0 Å². The first-order valence-electron chi connectivity index (χ1n) is 7.88. The summed E-state index contributed by atoms with van der Waals surface area (Å²) in [6.07, 6.45) is 6.91. The Morgan fingerprint density at radius 2 is 1.95 bits per heavy atom. The molecule has 2 rings (SSSR count).